The number of fused-ring (bicyclic) bond motifs is 2. The molecule has 0 radical (unpaired) electrons. The van der Waals surface area contributed by atoms with Gasteiger partial charge in [-0.2, -0.15) is 0 Å². The number of aromatic nitrogens is 3. The van der Waals surface area contributed by atoms with Crippen LogP contribution in [0.2, 0.25) is 0 Å². The normalized spacial score (nSPS) is 11.2. The Kier molecular flexibility index (Phi) is 8.51. The van der Waals surface area contributed by atoms with Gasteiger partial charge in [-0.1, -0.05) is 182 Å². The lowest BCUT2D eigenvalue weighted by molar-refractivity contribution is 1.07. The molecule has 0 amide bonds. The molecule has 3 nitrogen and oxygen atoms in total. The summed E-state index contributed by atoms with van der Waals surface area (Å²) in [5, 5.41) is 4.83. The molecule has 0 N–H and O–H groups in total. The van der Waals surface area contributed by atoms with E-state index in [4.69, 9.17) is 15.0 Å². The smallest absolute Gasteiger partial charge is 0.164 e. The molecule has 0 spiro atoms. The van der Waals surface area contributed by atoms with Crippen molar-refractivity contribution in [3.05, 3.63) is 212 Å². The van der Waals surface area contributed by atoms with E-state index in [2.05, 4.69) is 200 Å². The molecule has 0 atom stereocenters. The highest BCUT2D eigenvalue weighted by atomic mass is 15.0. The Morgan fingerprint density at radius 1 is 0.179 bits per heavy atom. The molecule has 56 heavy (non-hydrogen) atoms. The molecular formula is C53H35N3. The van der Waals surface area contributed by atoms with Gasteiger partial charge in [0.15, 0.2) is 17.5 Å². The number of rotatable bonds is 7. The summed E-state index contributed by atoms with van der Waals surface area (Å²) in [6.45, 7) is 0. The van der Waals surface area contributed by atoms with Crippen LogP contribution in [-0.2, 0) is 0 Å². The van der Waals surface area contributed by atoms with Gasteiger partial charge in [0.1, 0.15) is 0 Å². The monoisotopic (exact) mass is 713 g/mol. The van der Waals surface area contributed by atoms with Crippen molar-refractivity contribution in [2.75, 3.05) is 0 Å². The zero-order valence-electron chi connectivity index (χ0n) is 30.5. The zero-order valence-corrected chi connectivity index (χ0v) is 30.5. The minimum absolute atomic E-state index is 0.619. The van der Waals surface area contributed by atoms with E-state index >= 15 is 0 Å². The zero-order chi connectivity index (χ0) is 37.3. The van der Waals surface area contributed by atoms with Crippen LogP contribution in [0.4, 0.5) is 0 Å². The fourth-order valence-electron chi connectivity index (χ4n) is 7.48. The van der Waals surface area contributed by atoms with Crippen molar-refractivity contribution in [1.29, 1.82) is 0 Å². The first-order chi connectivity index (χ1) is 27.7. The van der Waals surface area contributed by atoms with Crippen LogP contribution in [0.25, 0.3) is 100 Å². The molecule has 10 rings (SSSR count). The van der Waals surface area contributed by atoms with Crippen molar-refractivity contribution in [3.8, 4) is 78.7 Å². The predicted octanol–water partition coefficient (Wildman–Crippen LogP) is 13.8. The van der Waals surface area contributed by atoms with E-state index < -0.39 is 0 Å². The van der Waals surface area contributed by atoms with E-state index in [9.17, 15) is 0 Å². The second kappa shape index (κ2) is 14.4. The molecule has 1 heterocycles. The molecule has 9 aromatic carbocycles. The molecule has 0 bridgehead atoms. The molecule has 0 aliphatic carbocycles. The Morgan fingerprint density at radius 2 is 0.482 bits per heavy atom. The summed E-state index contributed by atoms with van der Waals surface area (Å²) in [7, 11) is 0. The number of benzene rings is 9. The van der Waals surface area contributed by atoms with Gasteiger partial charge in [-0.15, -0.1) is 0 Å². The van der Waals surface area contributed by atoms with Crippen LogP contribution < -0.4 is 0 Å². The first kappa shape index (κ1) is 33.1. The molecule has 0 aliphatic heterocycles. The SMILES string of the molecule is c1ccc(-c2ccc(-c3nc(-c4ccc(-c5ccccc5)cc4)nc(-c4cc(-c5ccc6ccccc6c5)cc(-c5ccc6ccccc6c5)c4)n3)cc2)cc1. The Labute approximate surface area is 326 Å². The van der Waals surface area contributed by atoms with E-state index in [1.165, 1.54) is 32.7 Å². The maximum atomic E-state index is 5.21. The highest BCUT2D eigenvalue weighted by molar-refractivity contribution is 5.91. The van der Waals surface area contributed by atoms with E-state index in [1.54, 1.807) is 0 Å². The van der Waals surface area contributed by atoms with Gasteiger partial charge in [0.05, 0.1) is 0 Å². The summed E-state index contributed by atoms with van der Waals surface area (Å²) in [6, 6.07) is 74.9. The third-order valence-corrected chi connectivity index (χ3v) is 10.5. The molecule has 1 aromatic heterocycles. The first-order valence-corrected chi connectivity index (χ1v) is 18.9. The Balaban J connectivity index is 1.15. The topological polar surface area (TPSA) is 38.7 Å². The van der Waals surface area contributed by atoms with Crippen molar-refractivity contribution < 1.29 is 0 Å². The van der Waals surface area contributed by atoms with Crippen molar-refractivity contribution in [1.82, 2.24) is 15.0 Å². The van der Waals surface area contributed by atoms with Crippen LogP contribution in [0, 0.1) is 0 Å². The fraction of sp³-hybridized carbons (Fsp3) is 0. The van der Waals surface area contributed by atoms with Gasteiger partial charge < -0.3 is 0 Å². The van der Waals surface area contributed by atoms with Gasteiger partial charge in [-0.05, 0) is 96.4 Å². The van der Waals surface area contributed by atoms with Gasteiger partial charge in [0.2, 0.25) is 0 Å². The van der Waals surface area contributed by atoms with Gasteiger partial charge in [0.25, 0.3) is 0 Å². The third kappa shape index (κ3) is 6.63. The minimum atomic E-state index is 0.619. The predicted molar refractivity (Wildman–Crippen MR) is 233 cm³/mol. The molecule has 0 saturated carbocycles. The van der Waals surface area contributed by atoms with Crippen molar-refractivity contribution >= 4 is 21.5 Å². The molecular weight excluding hydrogens is 679 g/mol. The van der Waals surface area contributed by atoms with Gasteiger partial charge in [0, 0.05) is 16.7 Å². The minimum Gasteiger partial charge on any atom is -0.208 e. The Hall–Kier alpha value is -7.49. The molecule has 0 unspecified atom stereocenters. The third-order valence-electron chi connectivity index (χ3n) is 10.5. The molecule has 3 heteroatoms. The van der Waals surface area contributed by atoms with Crippen LogP contribution in [-0.4, -0.2) is 15.0 Å². The quantitative estimate of drug-likeness (QED) is 0.165. The van der Waals surface area contributed by atoms with Gasteiger partial charge >= 0.3 is 0 Å². The molecule has 10 aromatic rings. The highest BCUT2D eigenvalue weighted by Gasteiger charge is 2.16. The maximum Gasteiger partial charge on any atom is 0.164 e. The lowest BCUT2D eigenvalue weighted by Crippen LogP contribution is -2.01. The summed E-state index contributed by atoms with van der Waals surface area (Å²) >= 11 is 0. The average Bonchev–Trinajstić information content (AvgIpc) is 3.29. The van der Waals surface area contributed by atoms with Crippen LogP contribution in [0.5, 0.6) is 0 Å². The van der Waals surface area contributed by atoms with Crippen molar-refractivity contribution in [2.45, 2.75) is 0 Å². The van der Waals surface area contributed by atoms with Gasteiger partial charge in [-0.3, -0.25) is 0 Å². The lowest BCUT2D eigenvalue weighted by Gasteiger charge is -2.13. The van der Waals surface area contributed by atoms with Crippen molar-refractivity contribution in [2.24, 2.45) is 0 Å². The first-order valence-electron chi connectivity index (χ1n) is 18.9. The summed E-state index contributed by atoms with van der Waals surface area (Å²) in [6.07, 6.45) is 0. The van der Waals surface area contributed by atoms with Crippen LogP contribution in [0.1, 0.15) is 0 Å². The largest absolute Gasteiger partial charge is 0.208 e. The molecule has 262 valence electrons. The Morgan fingerprint density at radius 3 is 0.911 bits per heavy atom. The van der Waals surface area contributed by atoms with Crippen LogP contribution in [0.15, 0.2) is 212 Å². The average molecular weight is 714 g/mol. The van der Waals surface area contributed by atoms with E-state index in [0.717, 1.165) is 50.1 Å². The van der Waals surface area contributed by atoms with E-state index in [1.807, 2.05) is 12.1 Å². The fourth-order valence-corrected chi connectivity index (χ4v) is 7.48. The summed E-state index contributed by atoms with van der Waals surface area (Å²) in [5.41, 5.74) is 11.9. The second-order valence-electron chi connectivity index (χ2n) is 14.1. The Bertz CT molecular complexity index is 2790. The summed E-state index contributed by atoms with van der Waals surface area (Å²) in [5.74, 6) is 1.87. The van der Waals surface area contributed by atoms with Crippen LogP contribution in [0.3, 0.4) is 0 Å². The second-order valence-corrected chi connectivity index (χ2v) is 14.1. The lowest BCUT2D eigenvalue weighted by atomic mass is 9.93. The van der Waals surface area contributed by atoms with Gasteiger partial charge in [-0.25, -0.2) is 15.0 Å². The number of hydrogen-bond donors (Lipinski definition) is 0. The summed E-state index contributed by atoms with van der Waals surface area (Å²) in [4.78, 5) is 15.5. The summed E-state index contributed by atoms with van der Waals surface area (Å²) < 4.78 is 0. The highest BCUT2D eigenvalue weighted by Crippen LogP contribution is 2.36. The van der Waals surface area contributed by atoms with E-state index in [0.29, 0.717) is 17.5 Å². The molecule has 0 aliphatic rings. The number of nitrogens with zero attached hydrogens (tertiary/aromatic N) is 3. The van der Waals surface area contributed by atoms with E-state index in [-0.39, 0.29) is 0 Å². The maximum absolute atomic E-state index is 5.21. The van der Waals surface area contributed by atoms with Crippen LogP contribution >= 0.6 is 0 Å². The molecule has 0 saturated heterocycles. The molecule has 0 fully saturated rings. The van der Waals surface area contributed by atoms with Crippen molar-refractivity contribution in [3.63, 3.8) is 0 Å². The number of hydrogen-bond acceptors (Lipinski definition) is 3. The standard InChI is InChI=1S/C53H35N3/c1-3-11-36(12-4-1)40-19-25-42(26-20-40)51-54-52(43-27-21-41(22-28-43)37-13-5-2-6-14-37)56-53(55-51)50-34-48(46-29-23-38-15-7-9-17-44(38)31-46)33-49(35-50)47-30-24-39-16-8-10-18-45(39)32-47/h1-35H.